The molecule has 0 amide bonds. The molecule has 0 aliphatic carbocycles. The molecule has 2 heterocycles. The van der Waals surface area contributed by atoms with E-state index < -0.39 is 0 Å². The quantitative estimate of drug-likeness (QED) is 0.849. The molecule has 0 aromatic carbocycles. The molecule has 0 radical (unpaired) electrons. The average molecular weight is 270 g/mol. The molecule has 0 spiro atoms. The normalized spacial score (nSPS) is 10.7. The second-order valence-electron chi connectivity index (χ2n) is 3.26. The van der Waals surface area contributed by atoms with Gasteiger partial charge in [0.05, 0.1) is 12.5 Å². The van der Waals surface area contributed by atoms with Crippen molar-refractivity contribution in [3.05, 3.63) is 46.7 Å². The fourth-order valence-electron chi connectivity index (χ4n) is 1.32. The van der Waals surface area contributed by atoms with Crippen LogP contribution in [0.15, 0.2) is 44.2 Å². The summed E-state index contributed by atoms with van der Waals surface area (Å²) in [6.07, 6.45) is 4.32. The van der Waals surface area contributed by atoms with Gasteiger partial charge in [-0.2, -0.15) is 0 Å². The van der Waals surface area contributed by atoms with E-state index in [9.17, 15) is 0 Å². The van der Waals surface area contributed by atoms with Crippen molar-refractivity contribution in [3.8, 4) is 0 Å². The summed E-state index contributed by atoms with van der Waals surface area (Å²) in [5.41, 5.74) is 1.16. The van der Waals surface area contributed by atoms with Crippen LogP contribution in [-0.4, -0.2) is 6.54 Å². The van der Waals surface area contributed by atoms with Gasteiger partial charge in [0, 0.05) is 25.1 Å². The third-order valence-electron chi connectivity index (χ3n) is 2.09. The Hall–Kier alpha value is -1.00. The Morgan fingerprint density at radius 1 is 1.27 bits per heavy atom. The fraction of sp³-hybridized carbons (Fsp3) is 0.273. The standard InChI is InChI=1S/C11H12BrNO2/c12-11-2-1-10(15-11)3-5-13-7-9-4-6-14-8-9/h1-2,4,6,8,13H,3,5,7H2. The van der Waals surface area contributed by atoms with E-state index in [1.807, 2.05) is 18.2 Å². The van der Waals surface area contributed by atoms with Crippen LogP contribution < -0.4 is 5.32 Å². The molecular formula is C11H12BrNO2. The minimum atomic E-state index is 0.785. The summed E-state index contributed by atoms with van der Waals surface area (Å²) in [6.45, 7) is 1.73. The SMILES string of the molecule is Brc1ccc(CCNCc2ccoc2)o1. The van der Waals surface area contributed by atoms with Crippen LogP contribution in [0.2, 0.25) is 0 Å². The number of nitrogens with one attached hydrogen (secondary N) is 1. The summed E-state index contributed by atoms with van der Waals surface area (Å²) in [6, 6.07) is 5.84. The Bertz CT molecular complexity index is 394. The van der Waals surface area contributed by atoms with Crippen LogP contribution in [0.3, 0.4) is 0 Å². The van der Waals surface area contributed by atoms with Gasteiger partial charge in [0.2, 0.25) is 0 Å². The topological polar surface area (TPSA) is 38.3 Å². The van der Waals surface area contributed by atoms with Crippen molar-refractivity contribution >= 4 is 15.9 Å². The molecule has 0 unspecified atom stereocenters. The van der Waals surface area contributed by atoms with E-state index in [1.165, 1.54) is 0 Å². The molecule has 4 heteroatoms. The van der Waals surface area contributed by atoms with Crippen LogP contribution in [0.5, 0.6) is 0 Å². The van der Waals surface area contributed by atoms with Gasteiger partial charge < -0.3 is 14.2 Å². The molecule has 0 saturated heterocycles. The first-order valence-corrected chi connectivity index (χ1v) is 5.60. The van der Waals surface area contributed by atoms with E-state index in [0.717, 1.165) is 35.5 Å². The molecule has 80 valence electrons. The molecule has 0 aliphatic heterocycles. The minimum Gasteiger partial charge on any atom is -0.472 e. The maximum absolute atomic E-state index is 5.38. The van der Waals surface area contributed by atoms with Crippen LogP contribution in [0, 0.1) is 0 Å². The van der Waals surface area contributed by atoms with Crippen molar-refractivity contribution in [1.82, 2.24) is 5.32 Å². The lowest BCUT2D eigenvalue weighted by Gasteiger charge is -2.00. The summed E-state index contributed by atoms with van der Waals surface area (Å²) in [4.78, 5) is 0. The lowest BCUT2D eigenvalue weighted by atomic mass is 10.3. The van der Waals surface area contributed by atoms with E-state index in [-0.39, 0.29) is 0 Å². The number of halogens is 1. The Balaban J connectivity index is 1.67. The van der Waals surface area contributed by atoms with Gasteiger partial charge in [0.15, 0.2) is 4.67 Å². The van der Waals surface area contributed by atoms with Crippen LogP contribution in [0.25, 0.3) is 0 Å². The first-order chi connectivity index (χ1) is 7.34. The average Bonchev–Trinajstić information content (AvgIpc) is 2.84. The maximum atomic E-state index is 5.38. The molecule has 0 bridgehead atoms. The lowest BCUT2D eigenvalue weighted by molar-refractivity contribution is 0.479. The van der Waals surface area contributed by atoms with Crippen molar-refractivity contribution in [2.75, 3.05) is 6.54 Å². The van der Waals surface area contributed by atoms with E-state index in [4.69, 9.17) is 8.83 Å². The van der Waals surface area contributed by atoms with Crippen molar-refractivity contribution in [2.45, 2.75) is 13.0 Å². The van der Waals surface area contributed by atoms with Crippen molar-refractivity contribution < 1.29 is 8.83 Å². The zero-order valence-corrected chi connectivity index (χ0v) is 9.79. The molecule has 0 saturated carbocycles. The van der Waals surface area contributed by atoms with E-state index >= 15 is 0 Å². The third-order valence-corrected chi connectivity index (χ3v) is 2.51. The molecule has 2 aromatic heterocycles. The van der Waals surface area contributed by atoms with Crippen LogP contribution in [-0.2, 0) is 13.0 Å². The van der Waals surface area contributed by atoms with E-state index in [0.29, 0.717) is 0 Å². The Kier molecular flexibility index (Phi) is 3.64. The zero-order valence-electron chi connectivity index (χ0n) is 8.20. The number of hydrogen-bond donors (Lipinski definition) is 1. The Morgan fingerprint density at radius 3 is 2.87 bits per heavy atom. The predicted molar refractivity (Wildman–Crippen MR) is 60.5 cm³/mol. The smallest absolute Gasteiger partial charge is 0.169 e. The first-order valence-electron chi connectivity index (χ1n) is 4.80. The number of furan rings is 2. The summed E-state index contributed by atoms with van der Waals surface area (Å²) in [7, 11) is 0. The molecule has 15 heavy (non-hydrogen) atoms. The highest BCUT2D eigenvalue weighted by atomic mass is 79.9. The van der Waals surface area contributed by atoms with Gasteiger partial charge in [-0.1, -0.05) is 0 Å². The van der Waals surface area contributed by atoms with Crippen LogP contribution >= 0.6 is 15.9 Å². The monoisotopic (exact) mass is 269 g/mol. The van der Waals surface area contributed by atoms with Gasteiger partial charge in [0.1, 0.15) is 5.76 Å². The molecule has 3 nitrogen and oxygen atoms in total. The summed E-state index contributed by atoms with van der Waals surface area (Å²) < 4.78 is 11.1. The lowest BCUT2D eigenvalue weighted by Crippen LogP contribution is -2.15. The van der Waals surface area contributed by atoms with Gasteiger partial charge >= 0.3 is 0 Å². The minimum absolute atomic E-state index is 0.785. The highest BCUT2D eigenvalue weighted by molar-refractivity contribution is 9.10. The molecule has 2 rings (SSSR count). The van der Waals surface area contributed by atoms with Gasteiger partial charge in [-0.25, -0.2) is 0 Å². The highest BCUT2D eigenvalue weighted by Gasteiger charge is 1.99. The van der Waals surface area contributed by atoms with Crippen LogP contribution in [0.4, 0.5) is 0 Å². The maximum Gasteiger partial charge on any atom is 0.169 e. The Morgan fingerprint density at radius 2 is 2.20 bits per heavy atom. The summed E-state index contributed by atoms with van der Waals surface area (Å²) in [5, 5.41) is 3.31. The van der Waals surface area contributed by atoms with Crippen molar-refractivity contribution in [1.29, 1.82) is 0 Å². The van der Waals surface area contributed by atoms with Gasteiger partial charge in [-0.05, 0) is 34.1 Å². The second kappa shape index (κ2) is 5.19. The van der Waals surface area contributed by atoms with Gasteiger partial charge in [-0.3, -0.25) is 0 Å². The predicted octanol–water partition coefficient (Wildman–Crippen LogP) is 2.97. The second-order valence-corrected chi connectivity index (χ2v) is 4.05. The van der Waals surface area contributed by atoms with Gasteiger partial charge in [0.25, 0.3) is 0 Å². The molecule has 0 fully saturated rings. The van der Waals surface area contributed by atoms with E-state index in [1.54, 1.807) is 12.5 Å². The molecule has 2 aromatic rings. The zero-order chi connectivity index (χ0) is 10.5. The summed E-state index contributed by atoms with van der Waals surface area (Å²) in [5.74, 6) is 0.988. The first kappa shape index (κ1) is 10.5. The van der Waals surface area contributed by atoms with Gasteiger partial charge in [-0.15, -0.1) is 0 Å². The van der Waals surface area contributed by atoms with Crippen molar-refractivity contribution in [3.63, 3.8) is 0 Å². The highest BCUT2D eigenvalue weighted by Crippen LogP contribution is 2.13. The largest absolute Gasteiger partial charge is 0.472 e. The molecule has 0 aliphatic rings. The number of rotatable bonds is 5. The Labute approximate surface area is 96.6 Å². The number of hydrogen-bond acceptors (Lipinski definition) is 3. The van der Waals surface area contributed by atoms with Crippen LogP contribution in [0.1, 0.15) is 11.3 Å². The third kappa shape index (κ3) is 3.25. The van der Waals surface area contributed by atoms with E-state index in [2.05, 4.69) is 21.2 Å². The van der Waals surface area contributed by atoms with Crippen molar-refractivity contribution in [2.24, 2.45) is 0 Å². The molecule has 0 atom stereocenters. The summed E-state index contributed by atoms with van der Waals surface area (Å²) >= 11 is 3.27. The fourth-order valence-corrected chi connectivity index (χ4v) is 1.66. The molecule has 1 N–H and O–H groups in total. The molecular weight excluding hydrogens is 258 g/mol.